The molecule has 0 unspecified atom stereocenters. The molecule has 2 fully saturated rings. The van der Waals surface area contributed by atoms with E-state index in [1.165, 1.54) is 30.7 Å². The zero-order chi connectivity index (χ0) is 16.3. The number of fused-ring (bicyclic) bond motifs is 6. The summed E-state index contributed by atoms with van der Waals surface area (Å²) < 4.78 is 27.3. The van der Waals surface area contributed by atoms with Gasteiger partial charge in [-0.2, -0.15) is 0 Å². The van der Waals surface area contributed by atoms with Crippen LogP contribution in [0.25, 0.3) is 0 Å². The molecule has 24 heavy (non-hydrogen) atoms. The molecule has 0 aliphatic carbocycles. The molecule has 0 saturated carbocycles. The second kappa shape index (κ2) is 5.20. The van der Waals surface area contributed by atoms with Gasteiger partial charge < -0.3 is 9.80 Å². The zero-order valence-corrected chi connectivity index (χ0v) is 13.5. The summed E-state index contributed by atoms with van der Waals surface area (Å²) in [6.45, 7) is 2.02. The van der Waals surface area contributed by atoms with Crippen LogP contribution in [0, 0.1) is 17.6 Å². The number of anilines is 2. The van der Waals surface area contributed by atoms with Crippen molar-refractivity contribution >= 4 is 11.4 Å². The van der Waals surface area contributed by atoms with Crippen LogP contribution in [0.3, 0.4) is 0 Å². The second-order valence-electron chi connectivity index (χ2n) is 7.17. The van der Waals surface area contributed by atoms with Gasteiger partial charge in [0.1, 0.15) is 11.6 Å². The molecule has 3 atom stereocenters. The molecule has 3 heterocycles. The van der Waals surface area contributed by atoms with Crippen LogP contribution in [0.4, 0.5) is 20.2 Å². The summed E-state index contributed by atoms with van der Waals surface area (Å²) in [5.41, 5.74) is 3.32. The average Bonchev–Trinajstić information content (AvgIpc) is 3.22. The van der Waals surface area contributed by atoms with Gasteiger partial charge >= 0.3 is 0 Å². The summed E-state index contributed by atoms with van der Waals surface area (Å²) >= 11 is 0. The molecule has 2 saturated heterocycles. The van der Waals surface area contributed by atoms with E-state index in [0.29, 0.717) is 12.0 Å². The molecule has 0 N–H and O–H groups in total. The van der Waals surface area contributed by atoms with Gasteiger partial charge in [-0.15, -0.1) is 0 Å². The molecule has 2 aromatic carbocycles. The van der Waals surface area contributed by atoms with Crippen molar-refractivity contribution in [3.05, 3.63) is 59.7 Å². The highest BCUT2D eigenvalue weighted by atomic mass is 19.1. The first-order valence-electron chi connectivity index (χ1n) is 8.81. The summed E-state index contributed by atoms with van der Waals surface area (Å²) in [5.74, 6) is 0.134. The number of halogens is 2. The van der Waals surface area contributed by atoms with Crippen molar-refractivity contribution in [2.75, 3.05) is 22.9 Å². The van der Waals surface area contributed by atoms with E-state index in [4.69, 9.17) is 0 Å². The summed E-state index contributed by atoms with van der Waals surface area (Å²) in [5, 5.41) is 0. The highest BCUT2D eigenvalue weighted by Gasteiger charge is 2.48. The Hall–Kier alpha value is -2.10. The quantitative estimate of drug-likeness (QED) is 0.760. The molecule has 0 bridgehead atoms. The SMILES string of the molecule is Fc1ccc(N2CC[C@@H]3[C@@H]4CCCN4c4ccc(F)cc4[C@@H]32)cc1. The van der Waals surface area contributed by atoms with Gasteiger partial charge in [-0.1, -0.05) is 0 Å². The van der Waals surface area contributed by atoms with Crippen molar-refractivity contribution < 1.29 is 8.78 Å². The van der Waals surface area contributed by atoms with Crippen LogP contribution in [0.15, 0.2) is 42.5 Å². The zero-order valence-electron chi connectivity index (χ0n) is 13.5. The van der Waals surface area contributed by atoms with Crippen LogP contribution in [-0.4, -0.2) is 19.1 Å². The van der Waals surface area contributed by atoms with E-state index in [2.05, 4.69) is 9.80 Å². The van der Waals surface area contributed by atoms with E-state index in [1.807, 2.05) is 18.2 Å². The molecule has 2 nitrogen and oxygen atoms in total. The molecule has 0 spiro atoms. The minimum Gasteiger partial charge on any atom is -0.368 e. The molecule has 124 valence electrons. The van der Waals surface area contributed by atoms with Crippen molar-refractivity contribution in [3.8, 4) is 0 Å². The lowest BCUT2D eigenvalue weighted by Gasteiger charge is -2.44. The molecule has 3 aliphatic heterocycles. The Morgan fingerprint density at radius 2 is 1.62 bits per heavy atom. The van der Waals surface area contributed by atoms with Crippen LogP contribution in [-0.2, 0) is 0 Å². The van der Waals surface area contributed by atoms with Crippen molar-refractivity contribution in [1.82, 2.24) is 0 Å². The summed E-state index contributed by atoms with van der Waals surface area (Å²) in [6, 6.07) is 12.7. The Morgan fingerprint density at radius 1 is 0.833 bits per heavy atom. The summed E-state index contributed by atoms with van der Waals surface area (Å²) in [4.78, 5) is 4.84. The number of hydrogen-bond acceptors (Lipinski definition) is 2. The number of rotatable bonds is 1. The van der Waals surface area contributed by atoms with Crippen molar-refractivity contribution in [2.24, 2.45) is 5.92 Å². The molecule has 4 heteroatoms. The molecular formula is C20H20F2N2. The maximum atomic E-state index is 14.0. The lowest BCUT2D eigenvalue weighted by atomic mass is 9.81. The van der Waals surface area contributed by atoms with Gasteiger partial charge in [0, 0.05) is 42.0 Å². The monoisotopic (exact) mass is 326 g/mol. The fraction of sp³-hybridized carbons (Fsp3) is 0.400. The predicted octanol–water partition coefficient (Wildman–Crippen LogP) is 4.51. The average molecular weight is 326 g/mol. The van der Waals surface area contributed by atoms with Gasteiger partial charge in [0.2, 0.25) is 0 Å². The summed E-state index contributed by atoms with van der Waals surface area (Å²) in [7, 11) is 0. The molecule has 5 rings (SSSR count). The maximum absolute atomic E-state index is 14.0. The topological polar surface area (TPSA) is 6.48 Å². The Morgan fingerprint density at radius 3 is 2.46 bits per heavy atom. The highest BCUT2D eigenvalue weighted by Crippen LogP contribution is 2.52. The third-order valence-electron chi connectivity index (χ3n) is 6.01. The smallest absolute Gasteiger partial charge is 0.123 e. The van der Waals surface area contributed by atoms with Crippen LogP contribution >= 0.6 is 0 Å². The molecule has 0 aromatic heterocycles. The maximum Gasteiger partial charge on any atom is 0.123 e. The predicted molar refractivity (Wildman–Crippen MR) is 91.4 cm³/mol. The fourth-order valence-corrected chi connectivity index (χ4v) is 5.10. The lowest BCUT2D eigenvalue weighted by molar-refractivity contribution is 0.372. The van der Waals surface area contributed by atoms with Gasteiger partial charge in [0.25, 0.3) is 0 Å². The standard InChI is InChI=1S/C20H20F2N2/c21-13-3-6-15(7-4-13)23-11-9-16-18-2-1-10-24(18)19-8-5-14(22)12-17(19)20(16)23/h3-8,12,16,18,20H,1-2,9-11H2/t16-,18+,20-/m1/s1. The van der Waals surface area contributed by atoms with E-state index in [1.54, 1.807) is 12.1 Å². The number of nitrogens with zero attached hydrogens (tertiary/aromatic N) is 2. The largest absolute Gasteiger partial charge is 0.368 e. The lowest BCUT2D eigenvalue weighted by Crippen LogP contribution is -2.44. The third-order valence-corrected chi connectivity index (χ3v) is 6.01. The molecule has 2 aromatic rings. The first-order valence-corrected chi connectivity index (χ1v) is 8.81. The minimum absolute atomic E-state index is 0.170. The Kier molecular flexibility index (Phi) is 3.09. The Labute approximate surface area is 140 Å². The Balaban J connectivity index is 1.63. The number of hydrogen-bond donors (Lipinski definition) is 0. The minimum atomic E-state index is -0.216. The first kappa shape index (κ1) is 14.3. The fourth-order valence-electron chi connectivity index (χ4n) is 5.10. The van der Waals surface area contributed by atoms with Crippen LogP contribution in [0.1, 0.15) is 30.9 Å². The van der Waals surface area contributed by atoms with E-state index >= 15 is 0 Å². The van der Waals surface area contributed by atoms with Gasteiger partial charge in [-0.05, 0) is 61.7 Å². The van der Waals surface area contributed by atoms with Gasteiger partial charge in [0.05, 0.1) is 6.04 Å². The van der Waals surface area contributed by atoms with Crippen molar-refractivity contribution in [1.29, 1.82) is 0 Å². The van der Waals surface area contributed by atoms with Crippen molar-refractivity contribution in [2.45, 2.75) is 31.3 Å². The highest BCUT2D eigenvalue weighted by molar-refractivity contribution is 5.64. The second-order valence-corrected chi connectivity index (χ2v) is 7.17. The normalized spacial score (nSPS) is 27.8. The van der Waals surface area contributed by atoms with Crippen LogP contribution in [0.2, 0.25) is 0 Å². The Bertz CT molecular complexity index is 774. The van der Waals surface area contributed by atoms with E-state index in [9.17, 15) is 8.78 Å². The van der Waals surface area contributed by atoms with Gasteiger partial charge in [0.15, 0.2) is 0 Å². The van der Waals surface area contributed by atoms with Gasteiger partial charge in [-0.25, -0.2) is 8.78 Å². The van der Waals surface area contributed by atoms with Crippen molar-refractivity contribution in [3.63, 3.8) is 0 Å². The first-order chi connectivity index (χ1) is 11.7. The molecule has 0 radical (unpaired) electrons. The van der Waals surface area contributed by atoms with E-state index < -0.39 is 0 Å². The van der Waals surface area contributed by atoms with E-state index in [0.717, 1.165) is 30.8 Å². The molecule has 3 aliphatic rings. The molecular weight excluding hydrogens is 306 g/mol. The van der Waals surface area contributed by atoms with Gasteiger partial charge in [-0.3, -0.25) is 0 Å². The van der Waals surface area contributed by atoms with E-state index in [-0.39, 0.29) is 17.7 Å². The number of benzene rings is 2. The molecule has 0 amide bonds. The van der Waals surface area contributed by atoms with Crippen LogP contribution in [0.5, 0.6) is 0 Å². The van der Waals surface area contributed by atoms with Crippen LogP contribution < -0.4 is 9.80 Å². The third kappa shape index (κ3) is 1.98. The summed E-state index contributed by atoms with van der Waals surface area (Å²) in [6.07, 6.45) is 3.54.